The van der Waals surface area contributed by atoms with Crippen LogP contribution in [0, 0.1) is 17.3 Å². The zero-order valence-electron chi connectivity index (χ0n) is 19.3. The highest BCUT2D eigenvalue weighted by atomic mass is 16.2. The molecule has 1 aromatic carbocycles. The number of rotatable bonds is 8. The summed E-state index contributed by atoms with van der Waals surface area (Å²) < 4.78 is 0. The largest absolute Gasteiger partial charge is 0.356 e. The third kappa shape index (κ3) is 5.37. The molecule has 1 N–H and O–H groups in total. The molecular weight excluding hydrogens is 398 g/mol. The molecule has 0 unspecified atom stereocenters. The van der Waals surface area contributed by atoms with Gasteiger partial charge in [-0.1, -0.05) is 26.0 Å². The number of nitrogens with zero attached hydrogens (tertiary/aromatic N) is 2. The Morgan fingerprint density at radius 1 is 1.06 bits per heavy atom. The number of hydrogen-bond donors (Lipinski definition) is 1. The molecule has 170 valence electrons. The van der Waals surface area contributed by atoms with E-state index in [1.807, 2.05) is 29.2 Å². The second-order valence-corrected chi connectivity index (χ2v) is 9.96. The summed E-state index contributed by atoms with van der Waals surface area (Å²) in [6, 6.07) is 12.1. The lowest BCUT2D eigenvalue weighted by atomic mass is 9.90. The number of aromatic nitrogens is 1. The van der Waals surface area contributed by atoms with Crippen molar-refractivity contribution in [1.82, 2.24) is 15.2 Å². The van der Waals surface area contributed by atoms with Crippen molar-refractivity contribution in [2.24, 2.45) is 17.3 Å². The monoisotopic (exact) mass is 433 g/mol. The Morgan fingerprint density at radius 3 is 2.41 bits per heavy atom. The number of carbonyl (C=O) groups excluding carboxylic acids is 2. The van der Waals surface area contributed by atoms with E-state index in [2.05, 4.69) is 36.3 Å². The van der Waals surface area contributed by atoms with Crippen LogP contribution in [0.4, 0.5) is 0 Å². The summed E-state index contributed by atoms with van der Waals surface area (Å²) in [6.07, 6.45) is 9.37. The number of nitrogens with one attached hydrogen (secondary N) is 1. The van der Waals surface area contributed by atoms with Gasteiger partial charge in [-0.15, -0.1) is 0 Å². The molecular formula is C27H35N3O2. The standard InChI is InChI=1S/C27H35N3O2/c1-20(2)18-22-5-7-23(8-6-22)26(32)30-16-11-27(12-17-30)19-24(27)25(31)29-13-3-4-21-9-14-28-15-10-21/h5-10,14-15,20,24H,3-4,11-13,16-19H2,1-2H3,(H,29,31)/t24-/m1/s1. The van der Waals surface area contributed by atoms with E-state index in [4.69, 9.17) is 0 Å². The van der Waals surface area contributed by atoms with Crippen LogP contribution >= 0.6 is 0 Å². The average Bonchev–Trinajstić information content (AvgIpc) is 3.50. The molecule has 2 fully saturated rings. The minimum atomic E-state index is 0.118. The molecule has 1 aromatic heterocycles. The van der Waals surface area contributed by atoms with Crippen molar-refractivity contribution in [3.8, 4) is 0 Å². The van der Waals surface area contributed by atoms with Crippen molar-refractivity contribution in [2.75, 3.05) is 19.6 Å². The second-order valence-electron chi connectivity index (χ2n) is 9.96. The highest BCUT2D eigenvalue weighted by Gasteiger charge is 2.58. The summed E-state index contributed by atoms with van der Waals surface area (Å²) in [5.41, 5.74) is 3.42. The molecule has 1 saturated heterocycles. The Hall–Kier alpha value is -2.69. The second kappa shape index (κ2) is 9.85. The maximum Gasteiger partial charge on any atom is 0.253 e. The van der Waals surface area contributed by atoms with Crippen molar-refractivity contribution >= 4 is 11.8 Å². The fourth-order valence-corrected chi connectivity index (χ4v) is 5.04. The number of benzene rings is 1. The first-order valence-electron chi connectivity index (χ1n) is 12.0. The van der Waals surface area contributed by atoms with Crippen molar-refractivity contribution in [2.45, 2.75) is 52.4 Å². The van der Waals surface area contributed by atoms with E-state index < -0.39 is 0 Å². The van der Waals surface area contributed by atoms with Crippen LogP contribution in [0.1, 0.15) is 61.0 Å². The molecule has 0 bridgehead atoms. The van der Waals surface area contributed by atoms with Gasteiger partial charge in [-0.2, -0.15) is 0 Å². The number of pyridine rings is 1. The number of likely N-dealkylation sites (tertiary alicyclic amines) is 1. The van der Waals surface area contributed by atoms with Gasteiger partial charge in [0, 0.05) is 43.5 Å². The maximum atomic E-state index is 12.9. The minimum Gasteiger partial charge on any atom is -0.356 e. The molecule has 5 heteroatoms. The van der Waals surface area contributed by atoms with Gasteiger partial charge in [0.05, 0.1) is 0 Å². The summed E-state index contributed by atoms with van der Waals surface area (Å²) in [4.78, 5) is 31.5. The normalized spacial score (nSPS) is 19.2. The van der Waals surface area contributed by atoms with Crippen molar-refractivity contribution in [3.63, 3.8) is 0 Å². The Bertz CT molecular complexity index is 916. The van der Waals surface area contributed by atoms with Crippen LogP contribution in [0.3, 0.4) is 0 Å². The highest BCUT2D eigenvalue weighted by molar-refractivity contribution is 5.94. The Balaban J connectivity index is 1.20. The Labute approximate surface area is 191 Å². The Morgan fingerprint density at radius 2 is 1.75 bits per heavy atom. The molecule has 1 atom stereocenters. The number of carbonyl (C=O) groups is 2. The molecule has 2 aliphatic rings. The first-order valence-corrected chi connectivity index (χ1v) is 12.0. The van der Waals surface area contributed by atoms with Crippen LogP contribution in [-0.4, -0.2) is 41.3 Å². The summed E-state index contributed by atoms with van der Waals surface area (Å²) in [6.45, 7) is 6.62. The third-order valence-corrected chi connectivity index (χ3v) is 7.09. The Kier molecular flexibility index (Phi) is 6.92. The lowest BCUT2D eigenvalue weighted by molar-refractivity contribution is -0.123. The van der Waals surface area contributed by atoms with Crippen LogP contribution in [0.25, 0.3) is 0 Å². The van der Waals surface area contributed by atoms with Gasteiger partial charge in [0.2, 0.25) is 5.91 Å². The zero-order chi connectivity index (χ0) is 22.6. The predicted octanol–water partition coefficient (Wildman–Crippen LogP) is 4.27. The molecule has 32 heavy (non-hydrogen) atoms. The fraction of sp³-hybridized carbons (Fsp3) is 0.519. The fourth-order valence-electron chi connectivity index (χ4n) is 5.04. The van der Waals surface area contributed by atoms with Gasteiger partial charge in [0.25, 0.3) is 5.91 Å². The lowest BCUT2D eigenvalue weighted by Crippen LogP contribution is -2.40. The van der Waals surface area contributed by atoms with E-state index in [9.17, 15) is 9.59 Å². The summed E-state index contributed by atoms with van der Waals surface area (Å²) in [5, 5.41) is 3.13. The van der Waals surface area contributed by atoms with Crippen molar-refractivity contribution in [3.05, 3.63) is 65.5 Å². The molecule has 0 radical (unpaired) electrons. The molecule has 2 heterocycles. The van der Waals surface area contributed by atoms with Crippen LogP contribution in [0.15, 0.2) is 48.8 Å². The third-order valence-electron chi connectivity index (χ3n) is 7.09. The first kappa shape index (κ1) is 22.5. The lowest BCUT2D eigenvalue weighted by Gasteiger charge is -2.33. The SMILES string of the molecule is CC(C)Cc1ccc(C(=O)N2CCC3(CC2)C[C@@H]3C(=O)NCCCc2ccncc2)cc1. The minimum absolute atomic E-state index is 0.118. The van der Waals surface area contributed by atoms with E-state index >= 15 is 0 Å². The van der Waals surface area contributed by atoms with Gasteiger partial charge < -0.3 is 10.2 Å². The van der Waals surface area contributed by atoms with E-state index in [1.165, 1.54) is 11.1 Å². The van der Waals surface area contributed by atoms with E-state index in [1.54, 1.807) is 12.4 Å². The van der Waals surface area contributed by atoms with Crippen LogP contribution < -0.4 is 5.32 Å². The van der Waals surface area contributed by atoms with Gasteiger partial charge in [-0.3, -0.25) is 14.6 Å². The van der Waals surface area contributed by atoms with Gasteiger partial charge >= 0.3 is 0 Å². The molecule has 4 rings (SSSR count). The average molecular weight is 434 g/mol. The first-order chi connectivity index (χ1) is 15.5. The molecule has 1 aliphatic carbocycles. The van der Waals surface area contributed by atoms with E-state index in [0.717, 1.165) is 57.2 Å². The van der Waals surface area contributed by atoms with Gasteiger partial charge in [-0.25, -0.2) is 0 Å². The molecule has 2 aromatic rings. The number of piperidine rings is 1. The number of aryl methyl sites for hydroxylation is 1. The van der Waals surface area contributed by atoms with Gasteiger partial charge in [0.1, 0.15) is 0 Å². The maximum absolute atomic E-state index is 12.9. The molecule has 5 nitrogen and oxygen atoms in total. The molecule has 1 saturated carbocycles. The number of amides is 2. The molecule has 1 aliphatic heterocycles. The van der Waals surface area contributed by atoms with E-state index in [-0.39, 0.29) is 23.1 Å². The summed E-state index contributed by atoms with van der Waals surface area (Å²) >= 11 is 0. The molecule has 1 spiro atoms. The smallest absolute Gasteiger partial charge is 0.253 e. The summed E-state index contributed by atoms with van der Waals surface area (Å²) in [7, 11) is 0. The predicted molar refractivity (Wildman–Crippen MR) is 126 cm³/mol. The van der Waals surface area contributed by atoms with Crippen molar-refractivity contribution in [1.29, 1.82) is 0 Å². The van der Waals surface area contributed by atoms with Crippen LogP contribution in [-0.2, 0) is 17.6 Å². The quantitative estimate of drug-likeness (QED) is 0.633. The summed E-state index contributed by atoms with van der Waals surface area (Å²) in [5.74, 6) is 1.05. The number of hydrogen-bond acceptors (Lipinski definition) is 3. The van der Waals surface area contributed by atoms with E-state index in [0.29, 0.717) is 12.5 Å². The van der Waals surface area contributed by atoms with Gasteiger partial charge in [-0.05, 0) is 85.3 Å². The highest BCUT2D eigenvalue weighted by Crippen LogP contribution is 2.59. The topological polar surface area (TPSA) is 62.3 Å². The van der Waals surface area contributed by atoms with Gasteiger partial charge in [0.15, 0.2) is 0 Å². The van der Waals surface area contributed by atoms with Crippen LogP contribution in [0.5, 0.6) is 0 Å². The van der Waals surface area contributed by atoms with Crippen LogP contribution in [0.2, 0.25) is 0 Å². The van der Waals surface area contributed by atoms with Crippen molar-refractivity contribution < 1.29 is 9.59 Å². The zero-order valence-corrected chi connectivity index (χ0v) is 19.3. The molecule has 2 amide bonds.